The average molecular weight is 329 g/mol. The maximum Gasteiger partial charge on any atom is 0.138 e. The minimum atomic E-state index is -0.242. The number of rotatable bonds is 5. The first-order valence-corrected chi connectivity index (χ1v) is 6.22. The molecule has 0 aliphatic carbocycles. The molecule has 0 saturated carbocycles. The Balaban J connectivity index is -0.000000392. The van der Waals surface area contributed by atoms with Gasteiger partial charge in [-0.15, -0.1) is 0 Å². The van der Waals surface area contributed by atoms with Gasteiger partial charge in [0.2, 0.25) is 0 Å². The van der Waals surface area contributed by atoms with E-state index in [1.165, 1.54) is 5.92 Å². The molecule has 0 fully saturated rings. The second kappa shape index (κ2) is 12.4. The second-order valence-electron chi connectivity index (χ2n) is 5.92. The summed E-state index contributed by atoms with van der Waals surface area (Å²) in [7, 11) is 0. The summed E-state index contributed by atoms with van der Waals surface area (Å²) in [6.07, 6.45) is 2.66. The molecular weight excluding hydrogens is 301 g/mol. The Labute approximate surface area is 139 Å². The van der Waals surface area contributed by atoms with E-state index in [1.807, 2.05) is 20.8 Å². The van der Waals surface area contributed by atoms with Gasteiger partial charge in [0.25, 0.3) is 0 Å². The molecule has 0 atom stereocenters. The van der Waals surface area contributed by atoms with Gasteiger partial charge in [-0.2, -0.15) is 20.8 Å². The quantitative estimate of drug-likeness (QED) is 0.560. The molecule has 105 valence electrons. The fourth-order valence-electron chi connectivity index (χ4n) is 0.983. The minimum Gasteiger partial charge on any atom is -0.339 e. The van der Waals surface area contributed by atoms with Gasteiger partial charge in [-0.3, -0.25) is 4.79 Å². The van der Waals surface area contributed by atoms with Crippen LogP contribution in [-0.4, -0.2) is 11.6 Å². The third-order valence-electron chi connectivity index (χ3n) is 1.95. The van der Waals surface area contributed by atoms with Crippen LogP contribution in [0.15, 0.2) is 0 Å². The minimum absolute atomic E-state index is 0. The Bertz CT molecular complexity index is 224. The molecule has 0 spiro atoms. The molecule has 0 heterocycles. The van der Waals surface area contributed by atoms with E-state index in [9.17, 15) is 9.59 Å². The first kappa shape index (κ1) is 23.4. The number of ketones is 2. The van der Waals surface area contributed by atoms with Crippen LogP contribution in [0.5, 0.6) is 0 Å². The van der Waals surface area contributed by atoms with E-state index >= 15 is 0 Å². The van der Waals surface area contributed by atoms with Crippen LogP contribution in [-0.2, 0) is 42.3 Å². The van der Waals surface area contributed by atoms with E-state index < -0.39 is 0 Å². The number of hydrogen-bond donors (Lipinski definition) is 0. The van der Waals surface area contributed by atoms with Crippen molar-refractivity contribution in [3.05, 3.63) is 12.8 Å². The van der Waals surface area contributed by atoms with Gasteiger partial charge >= 0.3 is 0 Å². The molecule has 0 saturated heterocycles. The number of Topliss-reactive ketones (excluding diaryl/α,β-unsaturated/α-hetero) is 2. The molecule has 1 radical (unpaired) electrons. The molecule has 0 aliphatic heterocycles. The molecule has 0 amide bonds. The third kappa shape index (κ3) is 21.6. The smallest absolute Gasteiger partial charge is 0.138 e. The van der Waals surface area contributed by atoms with Crippen LogP contribution in [0.25, 0.3) is 0 Å². The Morgan fingerprint density at radius 3 is 1.61 bits per heavy atom. The topological polar surface area (TPSA) is 34.1 Å². The van der Waals surface area contributed by atoms with Crippen molar-refractivity contribution in [1.29, 1.82) is 0 Å². The molecule has 0 aromatic heterocycles. The zero-order valence-electron chi connectivity index (χ0n) is 12.9. The van der Waals surface area contributed by atoms with E-state index in [0.717, 1.165) is 12.8 Å². The second-order valence-corrected chi connectivity index (χ2v) is 5.92. The Kier molecular flexibility index (Phi) is 16.1. The molecule has 3 heteroatoms. The largest absolute Gasteiger partial charge is 0.339 e. The van der Waals surface area contributed by atoms with Crippen molar-refractivity contribution < 1.29 is 42.3 Å². The number of unbranched alkanes of at least 4 members (excludes halogenated alkanes) is 1. The predicted molar refractivity (Wildman–Crippen MR) is 73.6 cm³/mol. The fourth-order valence-corrected chi connectivity index (χ4v) is 0.983. The van der Waals surface area contributed by atoms with Crippen molar-refractivity contribution in [2.45, 2.75) is 67.2 Å². The average Bonchev–Trinajstić information content (AvgIpc) is 2.09. The zero-order chi connectivity index (χ0) is 14.1. The van der Waals surface area contributed by atoms with Gasteiger partial charge in [-0.25, -0.2) is 0 Å². The molecule has 0 rings (SSSR count). The number of hydrogen-bond acceptors (Lipinski definition) is 2. The van der Waals surface area contributed by atoms with Crippen molar-refractivity contribution in [1.82, 2.24) is 0 Å². The predicted octanol–water partition coefficient (Wildman–Crippen LogP) is 4.18. The monoisotopic (exact) mass is 329 g/mol. The SMILES string of the molecule is C[C-](C)C.[CH2-]C(=O)CCCCC(=O)C(C)(C)C.[Y]. The van der Waals surface area contributed by atoms with Gasteiger partial charge in [0, 0.05) is 44.5 Å². The van der Waals surface area contributed by atoms with Gasteiger partial charge in [0.05, 0.1) is 0 Å². The van der Waals surface area contributed by atoms with Gasteiger partial charge in [0.15, 0.2) is 0 Å². The van der Waals surface area contributed by atoms with Crippen LogP contribution in [0, 0.1) is 18.3 Å². The summed E-state index contributed by atoms with van der Waals surface area (Å²) in [6, 6.07) is 0. The molecule has 2 nitrogen and oxygen atoms in total. The maximum absolute atomic E-state index is 11.4. The van der Waals surface area contributed by atoms with Gasteiger partial charge in [0.1, 0.15) is 5.78 Å². The van der Waals surface area contributed by atoms with Crippen molar-refractivity contribution in [3.63, 3.8) is 0 Å². The van der Waals surface area contributed by atoms with Gasteiger partial charge in [-0.1, -0.05) is 20.8 Å². The van der Waals surface area contributed by atoms with Crippen LogP contribution in [0.2, 0.25) is 0 Å². The fraction of sp³-hybridized carbons (Fsp3) is 0.733. The van der Waals surface area contributed by atoms with Crippen molar-refractivity contribution in [2.75, 3.05) is 0 Å². The molecule has 0 N–H and O–H groups in total. The van der Waals surface area contributed by atoms with E-state index in [0.29, 0.717) is 12.8 Å². The van der Waals surface area contributed by atoms with Gasteiger partial charge in [-0.05, 0) is 25.0 Å². The van der Waals surface area contributed by atoms with Crippen LogP contribution >= 0.6 is 0 Å². The van der Waals surface area contributed by atoms with Crippen LogP contribution in [0.3, 0.4) is 0 Å². The maximum atomic E-state index is 11.4. The molecule has 18 heavy (non-hydrogen) atoms. The zero-order valence-corrected chi connectivity index (χ0v) is 15.8. The first-order chi connectivity index (χ1) is 7.57. The molecule has 0 aromatic carbocycles. The Morgan fingerprint density at radius 1 is 1.00 bits per heavy atom. The van der Waals surface area contributed by atoms with Gasteiger partial charge < -0.3 is 17.6 Å². The van der Waals surface area contributed by atoms with Crippen molar-refractivity contribution in [3.8, 4) is 0 Å². The summed E-state index contributed by atoms with van der Waals surface area (Å²) < 4.78 is 0. The van der Waals surface area contributed by atoms with E-state index in [1.54, 1.807) is 0 Å². The summed E-state index contributed by atoms with van der Waals surface area (Å²) in [5.41, 5.74) is -0.242. The van der Waals surface area contributed by atoms with E-state index in [-0.39, 0.29) is 49.7 Å². The van der Waals surface area contributed by atoms with E-state index in [4.69, 9.17) is 0 Å². The summed E-state index contributed by atoms with van der Waals surface area (Å²) in [4.78, 5) is 21.9. The first-order valence-electron chi connectivity index (χ1n) is 6.22. The summed E-state index contributed by atoms with van der Waals surface area (Å²) in [6.45, 7) is 15.3. The summed E-state index contributed by atoms with van der Waals surface area (Å²) >= 11 is 0. The summed E-state index contributed by atoms with van der Waals surface area (Å²) in [5, 5.41) is 0. The van der Waals surface area contributed by atoms with Crippen LogP contribution < -0.4 is 0 Å². The third-order valence-corrected chi connectivity index (χ3v) is 1.95. The van der Waals surface area contributed by atoms with E-state index in [2.05, 4.69) is 27.7 Å². The molecule has 0 aliphatic rings. The summed E-state index contributed by atoms with van der Waals surface area (Å²) in [5.74, 6) is 1.65. The standard InChI is InChI=1S/C11H19O2.C4H9.Y/c1-9(12)7-5-6-8-10(13)11(2,3)4;1-4(2)3;/h1,5-8H2,2-4H3;1-3H3;/q2*-1;. The van der Waals surface area contributed by atoms with Crippen LogP contribution in [0.4, 0.5) is 0 Å². The normalized spacial score (nSPS) is 10.2. The van der Waals surface area contributed by atoms with Crippen molar-refractivity contribution in [2.24, 2.45) is 5.41 Å². The molecule has 0 aromatic rings. The van der Waals surface area contributed by atoms with Crippen LogP contribution in [0.1, 0.15) is 67.2 Å². The Hall–Kier alpha value is 0.314. The molecular formula is C15H28O2Y-2. The Morgan fingerprint density at radius 2 is 1.33 bits per heavy atom. The number of carbonyl (C=O) groups excluding carboxylic acids is 2. The number of carbonyl (C=O) groups is 2. The van der Waals surface area contributed by atoms with Crippen molar-refractivity contribution >= 4 is 11.6 Å². The molecule has 0 unspecified atom stereocenters. The molecule has 0 bridgehead atoms.